The molecule has 0 saturated heterocycles. The zero-order chi connectivity index (χ0) is 21.9. The molecule has 0 aromatic heterocycles. The molecule has 5 nitrogen and oxygen atoms in total. The summed E-state index contributed by atoms with van der Waals surface area (Å²) in [5, 5.41) is 0.128. The van der Waals surface area contributed by atoms with Crippen LogP contribution >= 0.6 is 0 Å². The Morgan fingerprint density at radius 1 is 1.10 bits per heavy atom. The van der Waals surface area contributed by atoms with Gasteiger partial charge in [-0.25, -0.2) is 0 Å². The molecule has 0 N–H and O–H groups in total. The fourth-order valence-corrected chi connectivity index (χ4v) is 4.16. The minimum absolute atomic E-state index is 0.128. The molecule has 0 spiro atoms. The van der Waals surface area contributed by atoms with Crippen LogP contribution in [0.2, 0.25) is 18.1 Å². The predicted octanol–water partition coefficient (Wildman–Crippen LogP) is 6.01. The summed E-state index contributed by atoms with van der Waals surface area (Å²) in [5.74, 6) is 2.24. The van der Waals surface area contributed by atoms with Gasteiger partial charge in [-0.2, -0.15) is 0 Å². The first-order chi connectivity index (χ1) is 14.1. The van der Waals surface area contributed by atoms with Crippen LogP contribution in [0.3, 0.4) is 0 Å². The first-order valence-electron chi connectivity index (χ1n) is 10.4. The molecule has 164 valence electrons. The van der Waals surface area contributed by atoms with Gasteiger partial charge in [-0.1, -0.05) is 51.1 Å². The van der Waals surface area contributed by atoms with Crippen LogP contribution in [0.1, 0.15) is 43.6 Å². The minimum Gasteiger partial charge on any atom is -0.488 e. The van der Waals surface area contributed by atoms with Crippen LogP contribution in [0.5, 0.6) is 17.2 Å². The monoisotopic (exact) mass is 430 g/mol. The van der Waals surface area contributed by atoms with Gasteiger partial charge in [-0.3, -0.25) is 0 Å². The molecule has 1 aliphatic rings. The summed E-state index contributed by atoms with van der Waals surface area (Å²) in [6.07, 6.45) is -0.266. The number of ether oxygens (including phenoxy) is 4. The molecule has 1 aliphatic heterocycles. The van der Waals surface area contributed by atoms with Crippen molar-refractivity contribution in [1.29, 1.82) is 0 Å². The van der Waals surface area contributed by atoms with Crippen molar-refractivity contribution in [3.63, 3.8) is 0 Å². The van der Waals surface area contributed by atoms with Gasteiger partial charge in [0.15, 0.2) is 19.8 Å². The van der Waals surface area contributed by atoms with Crippen molar-refractivity contribution in [3.8, 4) is 17.2 Å². The molecule has 2 aromatic rings. The Kier molecular flexibility index (Phi) is 6.80. The lowest BCUT2D eigenvalue weighted by atomic mass is 10.0. The van der Waals surface area contributed by atoms with E-state index in [-0.39, 0.29) is 17.9 Å². The molecule has 0 radical (unpaired) electrons. The van der Waals surface area contributed by atoms with Crippen LogP contribution in [0.15, 0.2) is 36.4 Å². The molecular formula is C24H34O5Si. The minimum atomic E-state index is -1.92. The maximum absolute atomic E-state index is 6.46. The molecule has 3 rings (SSSR count). The van der Waals surface area contributed by atoms with Crippen molar-refractivity contribution in [1.82, 2.24) is 0 Å². The highest BCUT2D eigenvalue weighted by molar-refractivity contribution is 6.74. The standard InChI is InChI=1S/C24H34O5Si/c1-17-22(26-14-18-11-9-8-10-12-18)19(13-20-23(17)28-16-27-20)21(25-5)15-29-30(6,7)24(2,3)4/h8-13,21H,14-16H2,1-7H3/t21-/m0/s1. The number of rotatable bonds is 8. The molecule has 0 fully saturated rings. The number of methoxy groups -OCH3 is 1. The highest BCUT2D eigenvalue weighted by atomic mass is 28.4. The van der Waals surface area contributed by atoms with Crippen molar-refractivity contribution >= 4 is 8.32 Å². The van der Waals surface area contributed by atoms with Crippen LogP contribution in [-0.2, 0) is 15.8 Å². The number of hydrogen-bond acceptors (Lipinski definition) is 5. The Balaban J connectivity index is 1.90. The summed E-state index contributed by atoms with van der Waals surface area (Å²) in [7, 11) is -0.207. The van der Waals surface area contributed by atoms with Gasteiger partial charge in [-0.15, -0.1) is 0 Å². The second-order valence-corrected chi connectivity index (χ2v) is 14.0. The van der Waals surface area contributed by atoms with E-state index in [2.05, 4.69) is 46.0 Å². The molecule has 30 heavy (non-hydrogen) atoms. The first kappa shape index (κ1) is 22.7. The van der Waals surface area contributed by atoms with Crippen LogP contribution in [0.4, 0.5) is 0 Å². The molecule has 6 heteroatoms. The molecule has 0 bridgehead atoms. The van der Waals surface area contributed by atoms with Gasteiger partial charge >= 0.3 is 0 Å². The lowest BCUT2D eigenvalue weighted by Crippen LogP contribution is -2.41. The molecule has 0 saturated carbocycles. The topological polar surface area (TPSA) is 46.2 Å². The van der Waals surface area contributed by atoms with E-state index in [4.69, 9.17) is 23.4 Å². The van der Waals surface area contributed by atoms with E-state index in [0.717, 1.165) is 33.9 Å². The van der Waals surface area contributed by atoms with E-state index in [1.165, 1.54) is 0 Å². The first-order valence-corrected chi connectivity index (χ1v) is 13.3. The highest BCUT2D eigenvalue weighted by Crippen LogP contribution is 2.46. The normalized spacial score (nSPS) is 14.6. The maximum atomic E-state index is 6.46. The van der Waals surface area contributed by atoms with Gasteiger partial charge in [0.2, 0.25) is 6.79 Å². The second-order valence-electron chi connectivity index (χ2n) is 9.22. The number of hydrogen-bond donors (Lipinski definition) is 0. The smallest absolute Gasteiger partial charge is 0.231 e. The van der Waals surface area contributed by atoms with E-state index < -0.39 is 8.32 Å². The second kappa shape index (κ2) is 9.00. The van der Waals surface area contributed by atoms with E-state index in [0.29, 0.717) is 13.2 Å². The lowest BCUT2D eigenvalue weighted by Gasteiger charge is -2.37. The zero-order valence-corrected chi connectivity index (χ0v) is 20.2. The average molecular weight is 431 g/mol. The van der Waals surface area contributed by atoms with Crippen molar-refractivity contribution in [2.24, 2.45) is 0 Å². The third-order valence-electron chi connectivity index (χ3n) is 6.13. The lowest BCUT2D eigenvalue weighted by molar-refractivity contribution is 0.0499. The Hall–Kier alpha value is -2.02. The Morgan fingerprint density at radius 3 is 2.43 bits per heavy atom. The van der Waals surface area contributed by atoms with E-state index in [9.17, 15) is 0 Å². The summed E-state index contributed by atoms with van der Waals surface area (Å²) in [4.78, 5) is 0. The van der Waals surface area contributed by atoms with Gasteiger partial charge in [-0.05, 0) is 36.7 Å². The van der Waals surface area contributed by atoms with Crippen LogP contribution in [-0.4, -0.2) is 28.8 Å². The van der Waals surface area contributed by atoms with Crippen molar-refractivity contribution < 1.29 is 23.4 Å². The van der Waals surface area contributed by atoms with Crippen LogP contribution in [0, 0.1) is 6.92 Å². The SMILES string of the molecule is CO[C@@H](CO[Si](C)(C)C(C)(C)C)c1cc2c(c(C)c1OCc1ccccc1)OCO2. The molecule has 0 aliphatic carbocycles. The summed E-state index contributed by atoms with van der Waals surface area (Å²) < 4.78 is 30.0. The summed E-state index contributed by atoms with van der Waals surface area (Å²) in [6.45, 7) is 14.4. The fraction of sp³-hybridized carbons (Fsp3) is 0.500. The molecule has 1 atom stereocenters. The zero-order valence-electron chi connectivity index (χ0n) is 19.2. The Labute approximate surface area is 181 Å². The molecule has 0 unspecified atom stereocenters. The van der Waals surface area contributed by atoms with Crippen molar-refractivity contribution in [2.75, 3.05) is 20.5 Å². The number of benzene rings is 2. The van der Waals surface area contributed by atoms with E-state index in [1.807, 2.05) is 31.2 Å². The summed E-state index contributed by atoms with van der Waals surface area (Å²) in [6, 6.07) is 12.1. The molecular weight excluding hydrogens is 396 g/mol. The Morgan fingerprint density at radius 2 is 1.80 bits per heavy atom. The van der Waals surface area contributed by atoms with Gasteiger partial charge in [0.25, 0.3) is 0 Å². The van der Waals surface area contributed by atoms with Crippen LogP contribution in [0.25, 0.3) is 0 Å². The van der Waals surface area contributed by atoms with Crippen molar-refractivity contribution in [2.45, 2.75) is 58.5 Å². The molecule has 2 aromatic carbocycles. The third kappa shape index (κ3) is 4.82. The van der Waals surface area contributed by atoms with Gasteiger partial charge in [0.05, 0.1) is 6.61 Å². The number of fused-ring (bicyclic) bond motifs is 1. The third-order valence-corrected chi connectivity index (χ3v) is 10.6. The van der Waals surface area contributed by atoms with Crippen molar-refractivity contribution in [3.05, 3.63) is 53.1 Å². The summed E-state index contributed by atoms with van der Waals surface area (Å²) in [5.41, 5.74) is 2.95. The average Bonchev–Trinajstić information content (AvgIpc) is 3.17. The highest BCUT2D eigenvalue weighted by Gasteiger charge is 2.38. The van der Waals surface area contributed by atoms with Gasteiger partial charge in [0, 0.05) is 18.2 Å². The fourth-order valence-electron chi connectivity index (χ4n) is 3.16. The predicted molar refractivity (Wildman–Crippen MR) is 121 cm³/mol. The van der Waals surface area contributed by atoms with Crippen LogP contribution < -0.4 is 14.2 Å². The largest absolute Gasteiger partial charge is 0.488 e. The molecule has 1 heterocycles. The Bertz CT molecular complexity index is 858. The van der Waals surface area contributed by atoms with Gasteiger partial charge < -0.3 is 23.4 Å². The van der Waals surface area contributed by atoms with E-state index >= 15 is 0 Å². The van der Waals surface area contributed by atoms with E-state index in [1.54, 1.807) is 7.11 Å². The maximum Gasteiger partial charge on any atom is 0.231 e. The quantitative estimate of drug-likeness (QED) is 0.480. The molecule has 0 amide bonds. The van der Waals surface area contributed by atoms with Gasteiger partial charge in [0.1, 0.15) is 18.5 Å². The summed E-state index contributed by atoms with van der Waals surface area (Å²) >= 11 is 0.